The first-order chi connectivity index (χ1) is 12.5. The van der Waals surface area contributed by atoms with Crippen LogP contribution in [0.2, 0.25) is 0 Å². The number of hydrogen-bond acceptors (Lipinski definition) is 4. The molecule has 6 heteroatoms. The summed E-state index contributed by atoms with van der Waals surface area (Å²) in [5.41, 5.74) is 2.15. The fourth-order valence-electron chi connectivity index (χ4n) is 2.08. The molecule has 0 heterocycles. The molecule has 0 aliphatic carbocycles. The van der Waals surface area contributed by atoms with Crippen molar-refractivity contribution in [1.82, 2.24) is 0 Å². The van der Waals surface area contributed by atoms with Crippen LogP contribution >= 0.6 is 50.3 Å². The highest BCUT2D eigenvalue weighted by molar-refractivity contribution is 14.1. The van der Waals surface area contributed by atoms with Gasteiger partial charge in [0.05, 0.1) is 0 Å². The van der Waals surface area contributed by atoms with E-state index in [-0.39, 0.29) is 5.97 Å². The number of aryl methyl sites for hydroxylation is 1. The third-order valence-corrected chi connectivity index (χ3v) is 5.97. The van der Waals surface area contributed by atoms with E-state index in [4.69, 9.17) is 9.78 Å². The van der Waals surface area contributed by atoms with Crippen molar-refractivity contribution >= 4 is 59.8 Å². The summed E-state index contributed by atoms with van der Waals surface area (Å²) < 4.78 is 2.31. The van der Waals surface area contributed by atoms with Gasteiger partial charge in [0.25, 0.3) is 0 Å². The van der Waals surface area contributed by atoms with Gasteiger partial charge in [0.1, 0.15) is 0 Å². The molecule has 0 aromatic heterocycles. The van der Waals surface area contributed by atoms with E-state index in [1.54, 1.807) is 11.8 Å². The molecule has 0 spiro atoms. The van der Waals surface area contributed by atoms with Crippen molar-refractivity contribution in [2.24, 2.45) is 0 Å². The maximum Gasteiger partial charge on any atom is 0.355 e. The van der Waals surface area contributed by atoms with Crippen LogP contribution in [0.1, 0.15) is 30.9 Å². The highest BCUT2D eigenvalue weighted by Gasteiger charge is 2.07. The summed E-state index contributed by atoms with van der Waals surface area (Å²) in [7, 11) is 0. The Morgan fingerprint density at radius 3 is 2.62 bits per heavy atom. The van der Waals surface area contributed by atoms with Gasteiger partial charge in [-0.3, -0.25) is 9.78 Å². The van der Waals surface area contributed by atoms with Gasteiger partial charge in [-0.1, -0.05) is 41.1 Å². The zero-order valence-corrected chi connectivity index (χ0v) is 19.2. The number of carbonyl (C=O) groups excluding carboxylic acids is 1. The highest BCUT2D eigenvalue weighted by atomic mass is 127. The molecule has 26 heavy (non-hydrogen) atoms. The maximum absolute atomic E-state index is 11.4. The summed E-state index contributed by atoms with van der Waals surface area (Å²) in [5, 5.41) is 0. The molecule has 2 aromatic rings. The van der Waals surface area contributed by atoms with E-state index in [0.717, 1.165) is 27.1 Å². The van der Waals surface area contributed by atoms with E-state index in [1.807, 2.05) is 44.2 Å². The Morgan fingerprint density at radius 1 is 1.23 bits per heavy atom. The van der Waals surface area contributed by atoms with Crippen LogP contribution in [0, 0.1) is 6.92 Å². The third-order valence-electron chi connectivity index (χ3n) is 3.46. The molecule has 2 aromatic carbocycles. The number of rotatable bonds is 8. The summed E-state index contributed by atoms with van der Waals surface area (Å²) >= 11 is 7.56. The van der Waals surface area contributed by atoms with Crippen molar-refractivity contribution in [2.45, 2.75) is 31.6 Å². The Morgan fingerprint density at radius 2 is 1.96 bits per heavy atom. The van der Waals surface area contributed by atoms with E-state index in [0.29, 0.717) is 12.2 Å². The molecule has 0 unspecified atom stereocenters. The largest absolute Gasteiger partial charge is 0.355 e. The number of thioether (sulfide) groups is 1. The van der Waals surface area contributed by atoms with Gasteiger partial charge in [-0.05, 0) is 77.4 Å². The smallest absolute Gasteiger partial charge is 0.287 e. The lowest BCUT2D eigenvalue weighted by Gasteiger charge is -2.08. The Kier molecular flexibility index (Phi) is 9.01. The lowest BCUT2D eigenvalue weighted by molar-refractivity contribution is -0.214. The summed E-state index contributed by atoms with van der Waals surface area (Å²) in [4.78, 5) is 22.5. The topological polar surface area (TPSA) is 35.5 Å². The maximum atomic E-state index is 11.4. The minimum atomic E-state index is -0.349. The average Bonchev–Trinajstić information content (AvgIpc) is 2.61. The first-order valence-electron chi connectivity index (χ1n) is 8.22. The molecule has 0 radical (unpaired) electrons. The Balaban J connectivity index is 1.90. The van der Waals surface area contributed by atoms with Crippen molar-refractivity contribution in [3.05, 3.63) is 64.1 Å². The van der Waals surface area contributed by atoms with Crippen LogP contribution in [-0.2, 0) is 9.68 Å². The van der Waals surface area contributed by atoms with Crippen molar-refractivity contribution < 1.29 is 14.6 Å². The second-order valence-electron chi connectivity index (χ2n) is 5.59. The minimum absolute atomic E-state index is 0.349. The van der Waals surface area contributed by atoms with E-state index in [1.165, 1.54) is 9.14 Å². The first-order valence-corrected chi connectivity index (χ1v) is 11.1. The zero-order valence-electron chi connectivity index (χ0n) is 14.6. The van der Waals surface area contributed by atoms with Gasteiger partial charge in [-0.25, -0.2) is 4.79 Å². The lowest BCUT2D eigenvalue weighted by atomic mass is 10.2. The molecule has 138 valence electrons. The monoisotopic (exact) mass is 546 g/mol. The second kappa shape index (κ2) is 11.0. The van der Waals surface area contributed by atoms with Gasteiger partial charge >= 0.3 is 5.97 Å². The summed E-state index contributed by atoms with van der Waals surface area (Å²) in [6.45, 7) is 3.86. The molecule has 2 rings (SSSR count). The summed E-state index contributed by atoms with van der Waals surface area (Å²) in [6, 6.07) is 14.1. The molecular formula is C20H20BrIO3S. The number of halogens is 2. The molecule has 0 fully saturated rings. The minimum Gasteiger partial charge on any atom is -0.287 e. The molecule has 0 saturated carbocycles. The quantitative estimate of drug-likeness (QED) is 0.155. The predicted octanol–water partition coefficient (Wildman–Crippen LogP) is 6.96. The number of benzene rings is 2. The van der Waals surface area contributed by atoms with Gasteiger partial charge in [0.15, 0.2) is 5.75 Å². The van der Waals surface area contributed by atoms with Gasteiger partial charge in [0, 0.05) is 25.1 Å². The Hall–Kier alpha value is -0.990. The molecule has 0 N–H and O–H groups in total. The molecule has 0 saturated heterocycles. The average molecular weight is 547 g/mol. The molecule has 3 nitrogen and oxygen atoms in total. The van der Waals surface area contributed by atoms with Crippen LogP contribution in [0.15, 0.2) is 57.9 Å². The van der Waals surface area contributed by atoms with Gasteiger partial charge in [-0.15, -0.1) is 11.8 Å². The van der Waals surface area contributed by atoms with Gasteiger partial charge in [-0.2, -0.15) is 0 Å². The van der Waals surface area contributed by atoms with Crippen LogP contribution in [0.4, 0.5) is 0 Å². The molecule has 0 bridgehead atoms. The third kappa shape index (κ3) is 6.96. The van der Waals surface area contributed by atoms with Gasteiger partial charge < -0.3 is 0 Å². The lowest BCUT2D eigenvalue weighted by Crippen LogP contribution is -2.07. The first kappa shape index (κ1) is 21.3. The zero-order chi connectivity index (χ0) is 18.9. The van der Waals surface area contributed by atoms with Gasteiger partial charge in [0.2, 0.25) is 0 Å². The number of carbonyl (C=O) groups is 1. The van der Waals surface area contributed by atoms with E-state index >= 15 is 0 Å². The van der Waals surface area contributed by atoms with Crippen molar-refractivity contribution in [1.29, 1.82) is 0 Å². The molecule has 0 atom stereocenters. The van der Waals surface area contributed by atoms with E-state index < -0.39 is 0 Å². The second-order valence-corrected chi connectivity index (χ2v) is 8.76. The molecular weight excluding hydrogens is 527 g/mol. The number of hydrogen-bond donors (Lipinski definition) is 0. The van der Waals surface area contributed by atoms with Crippen molar-refractivity contribution in [3.8, 4) is 5.75 Å². The fourth-order valence-corrected chi connectivity index (χ4v) is 4.09. The standard InChI is InChI=1S/C20H20BrIO3S/c1-3-4-20(23)25-24-19-10-9-17(13-14(19)2)26-12-11-18(22)15-5-7-16(21)8-6-15/h5-11,13H,3-4,12H2,1-2H3. The normalized spacial score (nSPS) is 11.3. The van der Waals surface area contributed by atoms with E-state index in [9.17, 15) is 4.79 Å². The van der Waals surface area contributed by atoms with E-state index in [2.05, 4.69) is 56.7 Å². The van der Waals surface area contributed by atoms with Crippen LogP contribution < -0.4 is 4.89 Å². The van der Waals surface area contributed by atoms with Crippen molar-refractivity contribution in [3.63, 3.8) is 0 Å². The van der Waals surface area contributed by atoms with Crippen LogP contribution in [-0.4, -0.2) is 11.7 Å². The molecule has 0 amide bonds. The summed E-state index contributed by atoms with van der Waals surface area (Å²) in [6.07, 6.45) is 3.31. The summed E-state index contributed by atoms with van der Waals surface area (Å²) in [5.74, 6) is 1.09. The predicted molar refractivity (Wildman–Crippen MR) is 120 cm³/mol. The van der Waals surface area contributed by atoms with Crippen LogP contribution in [0.5, 0.6) is 5.75 Å². The molecule has 0 aliphatic heterocycles. The van der Waals surface area contributed by atoms with Crippen LogP contribution in [0.3, 0.4) is 0 Å². The fraction of sp³-hybridized carbons (Fsp3) is 0.250. The SMILES string of the molecule is CCCC(=O)OOc1ccc(SCC=C(I)c2ccc(Br)cc2)cc1C. The van der Waals surface area contributed by atoms with Crippen molar-refractivity contribution in [2.75, 3.05) is 5.75 Å². The molecule has 0 aliphatic rings. The van der Waals surface area contributed by atoms with Crippen LogP contribution in [0.25, 0.3) is 3.58 Å². The Bertz CT molecular complexity index is 775. The highest BCUT2D eigenvalue weighted by Crippen LogP contribution is 2.28. The Labute approximate surface area is 180 Å².